The van der Waals surface area contributed by atoms with Crippen molar-refractivity contribution in [3.8, 4) is 0 Å². The van der Waals surface area contributed by atoms with E-state index in [4.69, 9.17) is 4.42 Å². The molecule has 1 aromatic carbocycles. The fraction of sp³-hybridized carbons (Fsp3) is 0.231. The summed E-state index contributed by atoms with van der Waals surface area (Å²) in [7, 11) is 2.02. The van der Waals surface area contributed by atoms with Crippen LogP contribution in [0.2, 0.25) is 0 Å². The van der Waals surface area contributed by atoms with Gasteiger partial charge in [0.2, 0.25) is 0 Å². The summed E-state index contributed by atoms with van der Waals surface area (Å²) < 4.78 is 18.1. The molecule has 3 nitrogen and oxygen atoms in total. The number of benzene rings is 1. The van der Waals surface area contributed by atoms with Crippen LogP contribution in [0, 0.1) is 5.82 Å². The Labute approximate surface area is 98.8 Å². The van der Waals surface area contributed by atoms with E-state index in [1.165, 1.54) is 12.1 Å². The molecular formula is C13H13FN2O. The van der Waals surface area contributed by atoms with Gasteiger partial charge in [-0.2, -0.15) is 0 Å². The first-order valence-corrected chi connectivity index (χ1v) is 5.53. The number of halogens is 1. The second-order valence-electron chi connectivity index (χ2n) is 4.30. The van der Waals surface area contributed by atoms with Crippen molar-refractivity contribution in [3.05, 3.63) is 48.2 Å². The van der Waals surface area contributed by atoms with E-state index in [2.05, 4.69) is 10.2 Å². The molecule has 1 unspecified atom stereocenters. The zero-order chi connectivity index (χ0) is 11.8. The third kappa shape index (κ3) is 1.75. The summed E-state index contributed by atoms with van der Waals surface area (Å²) in [5.41, 5.74) is 3.11. The lowest BCUT2D eigenvalue weighted by molar-refractivity contribution is 0.568. The smallest absolute Gasteiger partial charge is 0.123 e. The molecule has 1 atom stereocenters. The minimum Gasteiger partial charge on any atom is -0.468 e. The van der Waals surface area contributed by atoms with E-state index in [-0.39, 0.29) is 11.9 Å². The third-order valence-electron chi connectivity index (χ3n) is 3.11. The van der Waals surface area contributed by atoms with Gasteiger partial charge < -0.3 is 14.6 Å². The molecule has 0 aliphatic carbocycles. The van der Waals surface area contributed by atoms with Crippen molar-refractivity contribution in [2.24, 2.45) is 0 Å². The van der Waals surface area contributed by atoms with Gasteiger partial charge in [0.1, 0.15) is 18.3 Å². The van der Waals surface area contributed by atoms with Crippen LogP contribution >= 0.6 is 0 Å². The van der Waals surface area contributed by atoms with Crippen LogP contribution in [0.25, 0.3) is 0 Å². The molecule has 0 saturated carbocycles. The molecule has 1 aliphatic heterocycles. The Balaban J connectivity index is 1.90. The summed E-state index contributed by atoms with van der Waals surface area (Å²) in [5, 5.41) is 3.39. The summed E-state index contributed by atoms with van der Waals surface area (Å²) in [5.74, 6) is -0.207. The number of fused-ring (bicyclic) bond motifs is 1. The molecule has 0 radical (unpaired) electrons. The molecule has 2 heterocycles. The summed E-state index contributed by atoms with van der Waals surface area (Å²) >= 11 is 0. The van der Waals surface area contributed by atoms with Gasteiger partial charge in [-0.1, -0.05) is 12.1 Å². The first-order valence-electron chi connectivity index (χ1n) is 5.53. The van der Waals surface area contributed by atoms with E-state index in [9.17, 15) is 4.39 Å². The summed E-state index contributed by atoms with van der Waals surface area (Å²) in [6.07, 6.45) is 3.42. The molecule has 0 bridgehead atoms. The highest BCUT2D eigenvalue weighted by atomic mass is 19.1. The first-order chi connectivity index (χ1) is 8.24. The van der Waals surface area contributed by atoms with Gasteiger partial charge >= 0.3 is 0 Å². The van der Waals surface area contributed by atoms with Gasteiger partial charge in [-0.3, -0.25) is 0 Å². The molecule has 17 heavy (non-hydrogen) atoms. The van der Waals surface area contributed by atoms with Crippen LogP contribution in [0.3, 0.4) is 0 Å². The Morgan fingerprint density at radius 3 is 2.82 bits per heavy atom. The minimum absolute atomic E-state index is 0.158. The van der Waals surface area contributed by atoms with Gasteiger partial charge in [0.15, 0.2) is 0 Å². The van der Waals surface area contributed by atoms with Crippen molar-refractivity contribution in [1.29, 1.82) is 0 Å². The van der Waals surface area contributed by atoms with Crippen LogP contribution in [0.15, 0.2) is 41.2 Å². The Kier molecular flexibility index (Phi) is 2.28. The minimum atomic E-state index is -0.207. The van der Waals surface area contributed by atoms with Crippen LogP contribution < -0.4 is 10.2 Å². The lowest BCUT2D eigenvalue weighted by Gasteiger charge is -2.32. The van der Waals surface area contributed by atoms with Crippen LogP contribution in [-0.4, -0.2) is 13.6 Å². The number of hydrogen-bond acceptors (Lipinski definition) is 3. The van der Waals surface area contributed by atoms with Gasteiger partial charge in [-0.05, 0) is 17.7 Å². The number of anilines is 2. The van der Waals surface area contributed by atoms with E-state index in [1.54, 1.807) is 12.5 Å². The molecule has 88 valence electrons. The normalized spacial score (nSPS) is 18.7. The molecule has 0 spiro atoms. The standard InChI is InChI=1S/C13H13FN2O/c1-16-6-11(9-2-4-10(14)5-3-9)15-12-7-17-8-13(12)16/h2-5,7-8,11,15H,6H2,1H3. The number of hydrogen-bond donors (Lipinski definition) is 1. The Hall–Kier alpha value is -1.97. The predicted octanol–water partition coefficient (Wildman–Crippen LogP) is 3.02. The van der Waals surface area contributed by atoms with Gasteiger partial charge in [-0.15, -0.1) is 0 Å². The van der Waals surface area contributed by atoms with Gasteiger partial charge in [0.25, 0.3) is 0 Å². The number of furan rings is 1. The molecule has 1 aromatic heterocycles. The fourth-order valence-corrected chi connectivity index (χ4v) is 2.18. The third-order valence-corrected chi connectivity index (χ3v) is 3.11. The maximum absolute atomic E-state index is 12.9. The molecule has 0 fully saturated rings. The molecule has 1 N–H and O–H groups in total. The fourth-order valence-electron chi connectivity index (χ4n) is 2.18. The van der Waals surface area contributed by atoms with E-state index < -0.39 is 0 Å². The van der Waals surface area contributed by atoms with Crippen molar-refractivity contribution in [2.45, 2.75) is 6.04 Å². The van der Waals surface area contributed by atoms with E-state index in [0.717, 1.165) is 23.5 Å². The van der Waals surface area contributed by atoms with Crippen molar-refractivity contribution in [2.75, 3.05) is 23.8 Å². The topological polar surface area (TPSA) is 28.4 Å². The zero-order valence-electron chi connectivity index (χ0n) is 9.48. The summed E-state index contributed by atoms with van der Waals surface area (Å²) in [4.78, 5) is 2.13. The number of nitrogens with one attached hydrogen (secondary N) is 1. The second kappa shape index (κ2) is 3.80. The monoisotopic (exact) mass is 232 g/mol. The van der Waals surface area contributed by atoms with E-state index >= 15 is 0 Å². The average molecular weight is 232 g/mol. The Morgan fingerprint density at radius 2 is 2.06 bits per heavy atom. The molecule has 2 aromatic rings. The average Bonchev–Trinajstić information content (AvgIpc) is 2.78. The maximum Gasteiger partial charge on any atom is 0.123 e. The highest BCUT2D eigenvalue weighted by Crippen LogP contribution is 2.35. The van der Waals surface area contributed by atoms with E-state index in [1.807, 2.05) is 19.2 Å². The van der Waals surface area contributed by atoms with Crippen molar-refractivity contribution < 1.29 is 8.81 Å². The quantitative estimate of drug-likeness (QED) is 0.819. The lowest BCUT2D eigenvalue weighted by atomic mass is 10.0. The molecule has 3 rings (SSSR count). The number of rotatable bonds is 1. The van der Waals surface area contributed by atoms with Gasteiger partial charge in [-0.25, -0.2) is 4.39 Å². The number of likely N-dealkylation sites (N-methyl/N-ethyl adjacent to an activating group) is 1. The van der Waals surface area contributed by atoms with Crippen LogP contribution in [0.1, 0.15) is 11.6 Å². The summed E-state index contributed by atoms with van der Waals surface area (Å²) in [6.45, 7) is 0.832. The molecule has 4 heteroatoms. The van der Waals surface area contributed by atoms with Gasteiger partial charge in [0.05, 0.1) is 17.4 Å². The second-order valence-corrected chi connectivity index (χ2v) is 4.30. The highest BCUT2D eigenvalue weighted by molar-refractivity contribution is 5.71. The van der Waals surface area contributed by atoms with Gasteiger partial charge in [0, 0.05) is 13.6 Å². The zero-order valence-corrected chi connectivity index (χ0v) is 9.48. The van der Waals surface area contributed by atoms with Crippen LogP contribution in [0.5, 0.6) is 0 Å². The SMILES string of the molecule is CN1CC(c2ccc(F)cc2)Nc2cocc21. The van der Waals surface area contributed by atoms with Crippen LogP contribution in [-0.2, 0) is 0 Å². The molecular weight excluding hydrogens is 219 g/mol. The molecule has 1 aliphatic rings. The predicted molar refractivity (Wildman–Crippen MR) is 64.7 cm³/mol. The highest BCUT2D eigenvalue weighted by Gasteiger charge is 2.23. The first kappa shape index (κ1) is 10.2. The Morgan fingerprint density at radius 1 is 1.29 bits per heavy atom. The van der Waals surface area contributed by atoms with Crippen molar-refractivity contribution in [3.63, 3.8) is 0 Å². The van der Waals surface area contributed by atoms with Crippen LogP contribution in [0.4, 0.5) is 15.8 Å². The maximum atomic E-state index is 12.9. The van der Waals surface area contributed by atoms with Crippen molar-refractivity contribution in [1.82, 2.24) is 0 Å². The Bertz CT molecular complexity index is 520. The largest absolute Gasteiger partial charge is 0.468 e. The lowest BCUT2D eigenvalue weighted by Crippen LogP contribution is -2.32. The molecule has 0 amide bonds. The number of nitrogens with zero attached hydrogens (tertiary/aromatic N) is 1. The summed E-state index contributed by atoms with van der Waals surface area (Å²) in [6, 6.07) is 6.76. The van der Waals surface area contributed by atoms with E-state index in [0.29, 0.717) is 0 Å². The van der Waals surface area contributed by atoms with Crippen molar-refractivity contribution >= 4 is 11.4 Å². The molecule has 0 saturated heterocycles.